The van der Waals surface area contributed by atoms with E-state index in [9.17, 15) is 9.59 Å². The third kappa shape index (κ3) is 5.93. The molecule has 0 amide bonds. The molecule has 0 unspecified atom stereocenters. The molecule has 0 N–H and O–H groups in total. The molecule has 0 heterocycles. The van der Waals surface area contributed by atoms with Crippen LogP contribution in [-0.2, 0) is 19.1 Å². The summed E-state index contributed by atoms with van der Waals surface area (Å²) in [5, 5.41) is 0. The summed E-state index contributed by atoms with van der Waals surface area (Å²) in [6.45, 7) is 10.5. The SMILES string of the molecule is COc1ccccc1C(C(=O)OC(C)(C)C)C(=O)OC(C)(C)C. The summed E-state index contributed by atoms with van der Waals surface area (Å²) in [4.78, 5) is 25.2. The van der Waals surface area contributed by atoms with Gasteiger partial charge in [-0.2, -0.15) is 0 Å². The molecule has 5 nitrogen and oxygen atoms in total. The van der Waals surface area contributed by atoms with Gasteiger partial charge in [0.2, 0.25) is 0 Å². The molecule has 0 bridgehead atoms. The minimum absolute atomic E-state index is 0.429. The van der Waals surface area contributed by atoms with E-state index >= 15 is 0 Å². The molecule has 23 heavy (non-hydrogen) atoms. The minimum Gasteiger partial charge on any atom is -0.496 e. The molecular formula is C18H26O5. The molecule has 0 spiro atoms. The molecule has 0 saturated heterocycles. The third-order valence-electron chi connectivity index (χ3n) is 2.73. The fraction of sp³-hybridized carbons (Fsp3) is 0.556. The molecule has 0 saturated carbocycles. The number of methoxy groups -OCH3 is 1. The fourth-order valence-electron chi connectivity index (χ4n) is 1.98. The van der Waals surface area contributed by atoms with E-state index in [1.165, 1.54) is 7.11 Å². The Morgan fingerprint density at radius 1 is 0.870 bits per heavy atom. The van der Waals surface area contributed by atoms with Gasteiger partial charge < -0.3 is 14.2 Å². The Labute approximate surface area is 137 Å². The average molecular weight is 322 g/mol. The molecule has 128 valence electrons. The summed E-state index contributed by atoms with van der Waals surface area (Å²) in [6, 6.07) is 6.86. The second-order valence-electron chi connectivity index (χ2n) is 7.24. The van der Waals surface area contributed by atoms with Gasteiger partial charge in [-0.25, -0.2) is 0 Å². The van der Waals surface area contributed by atoms with Gasteiger partial charge in [-0.3, -0.25) is 9.59 Å². The topological polar surface area (TPSA) is 61.8 Å². The molecule has 0 aliphatic carbocycles. The Morgan fingerprint density at radius 2 is 1.30 bits per heavy atom. The summed E-state index contributed by atoms with van der Waals surface area (Å²) >= 11 is 0. The van der Waals surface area contributed by atoms with Crippen molar-refractivity contribution in [2.45, 2.75) is 58.7 Å². The summed E-state index contributed by atoms with van der Waals surface area (Å²) in [5.74, 6) is -2.06. The van der Waals surface area contributed by atoms with Crippen LogP contribution in [0.2, 0.25) is 0 Å². The van der Waals surface area contributed by atoms with Crippen molar-refractivity contribution in [3.05, 3.63) is 29.8 Å². The first-order valence-corrected chi connectivity index (χ1v) is 7.53. The van der Waals surface area contributed by atoms with E-state index in [-0.39, 0.29) is 0 Å². The Morgan fingerprint density at radius 3 is 1.70 bits per heavy atom. The second kappa shape index (κ2) is 7.02. The summed E-state index contributed by atoms with van der Waals surface area (Å²) in [5.41, 5.74) is -0.989. The quantitative estimate of drug-likeness (QED) is 0.627. The van der Waals surface area contributed by atoms with E-state index in [2.05, 4.69) is 0 Å². The van der Waals surface area contributed by atoms with E-state index in [1.807, 2.05) is 0 Å². The van der Waals surface area contributed by atoms with E-state index in [0.29, 0.717) is 11.3 Å². The summed E-state index contributed by atoms with van der Waals surface area (Å²) < 4.78 is 16.1. The standard InChI is InChI=1S/C18H26O5/c1-17(2,3)22-15(19)14(16(20)23-18(4,5)6)12-10-8-9-11-13(12)21-7/h8-11,14H,1-7H3. The molecule has 0 radical (unpaired) electrons. The van der Waals surface area contributed by atoms with Gasteiger partial charge in [0.15, 0.2) is 5.92 Å². The first kappa shape index (κ1) is 19.0. The second-order valence-corrected chi connectivity index (χ2v) is 7.24. The van der Waals surface area contributed by atoms with Crippen molar-refractivity contribution in [3.8, 4) is 5.75 Å². The van der Waals surface area contributed by atoms with Gasteiger partial charge in [-0.05, 0) is 47.6 Å². The Balaban J connectivity index is 3.26. The first-order valence-electron chi connectivity index (χ1n) is 7.53. The molecule has 0 aliphatic rings. The van der Waals surface area contributed by atoms with Gasteiger partial charge in [0, 0.05) is 5.56 Å². The van der Waals surface area contributed by atoms with Crippen molar-refractivity contribution < 1.29 is 23.8 Å². The van der Waals surface area contributed by atoms with Crippen LogP contribution in [0.1, 0.15) is 53.0 Å². The van der Waals surface area contributed by atoms with Gasteiger partial charge in [0.1, 0.15) is 17.0 Å². The number of carbonyl (C=O) groups is 2. The molecule has 1 aromatic rings. The summed E-state index contributed by atoms with van der Waals surface area (Å²) in [6.07, 6.45) is 0. The van der Waals surface area contributed by atoms with E-state index < -0.39 is 29.1 Å². The number of para-hydroxylation sites is 1. The molecule has 0 atom stereocenters. The van der Waals surface area contributed by atoms with Crippen molar-refractivity contribution in [2.75, 3.05) is 7.11 Å². The predicted octanol–water partition coefficient (Wildman–Crippen LogP) is 3.46. The molecule has 0 aromatic heterocycles. The average Bonchev–Trinajstić information content (AvgIpc) is 2.35. The van der Waals surface area contributed by atoms with Crippen LogP contribution in [0.25, 0.3) is 0 Å². The van der Waals surface area contributed by atoms with Crippen LogP contribution in [-0.4, -0.2) is 30.3 Å². The minimum atomic E-state index is -1.19. The Hall–Kier alpha value is -2.04. The number of hydrogen-bond donors (Lipinski definition) is 0. The molecule has 1 rings (SSSR count). The van der Waals surface area contributed by atoms with E-state index in [0.717, 1.165) is 0 Å². The highest BCUT2D eigenvalue weighted by Gasteiger charge is 2.37. The van der Waals surface area contributed by atoms with Crippen LogP contribution < -0.4 is 4.74 Å². The molecule has 1 aromatic carbocycles. The van der Waals surface area contributed by atoms with Gasteiger partial charge in [0.25, 0.3) is 0 Å². The molecule has 0 fully saturated rings. The zero-order valence-electron chi connectivity index (χ0n) is 14.9. The van der Waals surface area contributed by atoms with Crippen LogP contribution in [0.15, 0.2) is 24.3 Å². The maximum atomic E-state index is 12.6. The highest BCUT2D eigenvalue weighted by Crippen LogP contribution is 2.31. The lowest BCUT2D eigenvalue weighted by atomic mass is 9.97. The van der Waals surface area contributed by atoms with Gasteiger partial charge in [-0.1, -0.05) is 18.2 Å². The fourth-order valence-corrected chi connectivity index (χ4v) is 1.98. The maximum absolute atomic E-state index is 12.6. The lowest BCUT2D eigenvalue weighted by Gasteiger charge is -2.27. The Bertz CT molecular complexity index is 536. The maximum Gasteiger partial charge on any atom is 0.325 e. The zero-order valence-corrected chi connectivity index (χ0v) is 14.9. The molecule has 0 aliphatic heterocycles. The number of hydrogen-bond acceptors (Lipinski definition) is 5. The molecular weight excluding hydrogens is 296 g/mol. The largest absolute Gasteiger partial charge is 0.496 e. The number of esters is 2. The monoisotopic (exact) mass is 322 g/mol. The van der Waals surface area contributed by atoms with Crippen molar-refractivity contribution in [1.82, 2.24) is 0 Å². The van der Waals surface area contributed by atoms with Crippen LogP contribution in [0.3, 0.4) is 0 Å². The van der Waals surface area contributed by atoms with Crippen LogP contribution in [0.4, 0.5) is 0 Å². The van der Waals surface area contributed by atoms with Crippen molar-refractivity contribution >= 4 is 11.9 Å². The number of benzene rings is 1. The summed E-state index contributed by atoms with van der Waals surface area (Å²) in [7, 11) is 1.49. The van der Waals surface area contributed by atoms with Crippen molar-refractivity contribution in [1.29, 1.82) is 0 Å². The van der Waals surface area contributed by atoms with Gasteiger partial charge >= 0.3 is 11.9 Å². The van der Waals surface area contributed by atoms with Gasteiger partial charge in [-0.15, -0.1) is 0 Å². The van der Waals surface area contributed by atoms with E-state index in [1.54, 1.807) is 65.8 Å². The first-order chi connectivity index (χ1) is 10.4. The van der Waals surface area contributed by atoms with Crippen LogP contribution in [0, 0.1) is 0 Å². The lowest BCUT2D eigenvalue weighted by Crippen LogP contribution is -2.35. The number of rotatable bonds is 4. The third-order valence-corrected chi connectivity index (χ3v) is 2.73. The highest BCUT2D eigenvalue weighted by molar-refractivity contribution is 6.01. The Kier molecular flexibility index (Phi) is 5.81. The van der Waals surface area contributed by atoms with Crippen molar-refractivity contribution in [2.24, 2.45) is 0 Å². The molecule has 5 heteroatoms. The van der Waals surface area contributed by atoms with E-state index in [4.69, 9.17) is 14.2 Å². The zero-order chi connectivity index (χ0) is 17.8. The highest BCUT2D eigenvalue weighted by atomic mass is 16.6. The lowest BCUT2D eigenvalue weighted by molar-refractivity contribution is -0.169. The van der Waals surface area contributed by atoms with Crippen LogP contribution >= 0.6 is 0 Å². The van der Waals surface area contributed by atoms with Crippen molar-refractivity contribution in [3.63, 3.8) is 0 Å². The predicted molar refractivity (Wildman–Crippen MR) is 87.4 cm³/mol. The van der Waals surface area contributed by atoms with Crippen LogP contribution in [0.5, 0.6) is 5.75 Å². The normalized spacial score (nSPS) is 12.0. The number of ether oxygens (including phenoxy) is 3. The smallest absolute Gasteiger partial charge is 0.325 e. The van der Waals surface area contributed by atoms with Gasteiger partial charge in [0.05, 0.1) is 7.11 Å². The number of carbonyl (C=O) groups excluding carboxylic acids is 2.